The molecule has 3 aromatic rings. The first kappa shape index (κ1) is 15.7. The smallest absolute Gasteiger partial charge is 0.374 e. The molecule has 3 rings (SSSR count). The molecule has 0 spiro atoms. The van der Waals surface area contributed by atoms with Gasteiger partial charge in [-0.05, 0) is 30.7 Å². The number of benzene rings is 2. The highest BCUT2D eigenvalue weighted by atomic mass is 19.1. The molecule has 0 bridgehead atoms. The zero-order chi connectivity index (χ0) is 17.3. The number of nitro benzene ring substituents is 1. The Morgan fingerprint density at radius 3 is 2.58 bits per heavy atom. The van der Waals surface area contributed by atoms with Gasteiger partial charge in [0.15, 0.2) is 11.4 Å². The van der Waals surface area contributed by atoms with Crippen LogP contribution in [0, 0.1) is 22.9 Å². The van der Waals surface area contributed by atoms with Crippen LogP contribution < -0.4 is 0 Å². The van der Waals surface area contributed by atoms with Gasteiger partial charge in [0, 0.05) is 23.1 Å². The number of fused-ring (bicyclic) bond motifs is 1. The number of carbonyl (C=O) groups is 1. The molecule has 0 saturated carbocycles. The average molecular weight is 329 g/mol. The highest BCUT2D eigenvalue weighted by molar-refractivity contribution is 5.96. The van der Waals surface area contributed by atoms with Gasteiger partial charge in [0.1, 0.15) is 6.61 Å². The van der Waals surface area contributed by atoms with Crippen LogP contribution in [0.4, 0.5) is 10.1 Å². The van der Waals surface area contributed by atoms with E-state index in [1.807, 2.05) is 0 Å². The predicted octanol–water partition coefficient (Wildman–Crippen LogP) is 4.15. The quantitative estimate of drug-likeness (QED) is 0.408. The summed E-state index contributed by atoms with van der Waals surface area (Å²) >= 11 is 0. The number of rotatable bonds is 4. The molecule has 0 saturated heterocycles. The van der Waals surface area contributed by atoms with E-state index in [4.69, 9.17) is 9.15 Å². The van der Waals surface area contributed by atoms with Crippen LogP contribution in [0.1, 0.15) is 21.7 Å². The standard InChI is InChI=1S/C17H12FNO5/c1-10-13-3-2-4-14(18)16(13)24-15(10)17(20)23-9-11-5-7-12(8-6-11)19(21)22/h2-8H,9H2,1H3. The second-order valence-electron chi connectivity index (χ2n) is 5.17. The van der Waals surface area contributed by atoms with Crippen molar-refractivity contribution in [2.24, 2.45) is 0 Å². The zero-order valence-corrected chi connectivity index (χ0v) is 12.6. The first-order chi connectivity index (χ1) is 11.5. The summed E-state index contributed by atoms with van der Waals surface area (Å²) in [5, 5.41) is 11.1. The van der Waals surface area contributed by atoms with E-state index in [0.29, 0.717) is 16.5 Å². The number of ether oxygens (including phenoxy) is 1. The average Bonchev–Trinajstić information content (AvgIpc) is 2.92. The lowest BCUT2D eigenvalue weighted by Crippen LogP contribution is -2.05. The van der Waals surface area contributed by atoms with Gasteiger partial charge in [0.25, 0.3) is 5.69 Å². The van der Waals surface area contributed by atoms with Crippen molar-refractivity contribution < 1.29 is 23.3 Å². The molecule has 1 aromatic heterocycles. The van der Waals surface area contributed by atoms with Gasteiger partial charge in [-0.25, -0.2) is 9.18 Å². The van der Waals surface area contributed by atoms with Crippen LogP contribution in [-0.2, 0) is 11.3 Å². The number of hydrogen-bond acceptors (Lipinski definition) is 5. The van der Waals surface area contributed by atoms with E-state index in [2.05, 4.69) is 0 Å². The van der Waals surface area contributed by atoms with Gasteiger partial charge < -0.3 is 9.15 Å². The van der Waals surface area contributed by atoms with Crippen molar-refractivity contribution in [2.75, 3.05) is 0 Å². The summed E-state index contributed by atoms with van der Waals surface area (Å²) < 4.78 is 24.1. The summed E-state index contributed by atoms with van der Waals surface area (Å²) in [7, 11) is 0. The fraction of sp³-hybridized carbons (Fsp3) is 0.118. The fourth-order valence-electron chi connectivity index (χ4n) is 2.33. The summed E-state index contributed by atoms with van der Waals surface area (Å²) in [4.78, 5) is 22.2. The minimum absolute atomic E-state index is 0.0114. The molecule has 0 aliphatic heterocycles. The van der Waals surface area contributed by atoms with E-state index in [1.54, 1.807) is 13.0 Å². The van der Waals surface area contributed by atoms with Crippen LogP contribution in [0.15, 0.2) is 46.9 Å². The fourth-order valence-corrected chi connectivity index (χ4v) is 2.33. The lowest BCUT2D eigenvalue weighted by Gasteiger charge is -2.03. The summed E-state index contributed by atoms with van der Waals surface area (Å²) in [6.07, 6.45) is 0. The van der Waals surface area contributed by atoms with Gasteiger partial charge >= 0.3 is 5.97 Å². The number of esters is 1. The van der Waals surface area contributed by atoms with Crippen molar-refractivity contribution in [3.05, 3.63) is 75.3 Å². The third-order valence-electron chi connectivity index (χ3n) is 3.62. The first-order valence-electron chi connectivity index (χ1n) is 7.05. The topological polar surface area (TPSA) is 82.6 Å². The highest BCUT2D eigenvalue weighted by Crippen LogP contribution is 2.28. The minimum Gasteiger partial charge on any atom is -0.455 e. The van der Waals surface area contributed by atoms with E-state index in [9.17, 15) is 19.3 Å². The Kier molecular flexibility index (Phi) is 3.99. The Hall–Kier alpha value is -3.22. The molecule has 0 radical (unpaired) electrons. The van der Waals surface area contributed by atoms with E-state index in [1.165, 1.54) is 36.4 Å². The van der Waals surface area contributed by atoms with Crippen LogP contribution in [0.5, 0.6) is 0 Å². The maximum absolute atomic E-state index is 13.7. The molecule has 0 amide bonds. The zero-order valence-electron chi connectivity index (χ0n) is 12.6. The van der Waals surface area contributed by atoms with Crippen molar-refractivity contribution in [1.82, 2.24) is 0 Å². The molecular formula is C17H12FNO5. The largest absolute Gasteiger partial charge is 0.455 e. The number of aryl methyl sites for hydroxylation is 1. The monoisotopic (exact) mass is 329 g/mol. The Balaban J connectivity index is 1.77. The van der Waals surface area contributed by atoms with Gasteiger partial charge in [0.2, 0.25) is 5.76 Å². The van der Waals surface area contributed by atoms with Gasteiger partial charge in [-0.1, -0.05) is 12.1 Å². The molecule has 24 heavy (non-hydrogen) atoms. The normalized spacial score (nSPS) is 10.8. The molecule has 6 nitrogen and oxygen atoms in total. The second-order valence-corrected chi connectivity index (χ2v) is 5.17. The number of hydrogen-bond donors (Lipinski definition) is 0. The predicted molar refractivity (Wildman–Crippen MR) is 83.1 cm³/mol. The lowest BCUT2D eigenvalue weighted by molar-refractivity contribution is -0.384. The van der Waals surface area contributed by atoms with Crippen LogP contribution in [-0.4, -0.2) is 10.9 Å². The molecule has 0 aliphatic carbocycles. The Morgan fingerprint density at radius 2 is 1.96 bits per heavy atom. The van der Waals surface area contributed by atoms with Crippen molar-refractivity contribution in [1.29, 1.82) is 0 Å². The van der Waals surface area contributed by atoms with E-state index in [-0.39, 0.29) is 23.6 Å². The number of halogens is 1. The maximum Gasteiger partial charge on any atom is 0.374 e. The molecule has 122 valence electrons. The lowest BCUT2D eigenvalue weighted by atomic mass is 10.1. The number of para-hydroxylation sites is 1. The number of non-ortho nitro benzene ring substituents is 1. The summed E-state index contributed by atoms with van der Waals surface area (Å²) in [6, 6.07) is 10.1. The molecule has 0 N–H and O–H groups in total. The van der Waals surface area contributed by atoms with Crippen LogP contribution in [0.3, 0.4) is 0 Å². The molecule has 0 aliphatic rings. The molecular weight excluding hydrogens is 317 g/mol. The number of nitrogens with zero attached hydrogens (tertiary/aromatic N) is 1. The van der Waals surface area contributed by atoms with Gasteiger partial charge in [-0.15, -0.1) is 0 Å². The number of furan rings is 1. The van der Waals surface area contributed by atoms with Crippen molar-refractivity contribution in [2.45, 2.75) is 13.5 Å². The molecule has 0 fully saturated rings. The molecule has 0 atom stereocenters. The summed E-state index contributed by atoms with van der Waals surface area (Å²) in [6.45, 7) is 1.57. The van der Waals surface area contributed by atoms with E-state index >= 15 is 0 Å². The van der Waals surface area contributed by atoms with Crippen LogP contribution in [0.25, 0.3) is 11.0 Å². The molecule has 2 aromatic carbocycles. The summed E-state index contributed by atoms with van der Waals surface area (Å²) in [5.41, 5.74) is 1.05. The maximum atomic E-state index is 13.7. The first-order valence-corrected chi connectivity index (χ1v) is 7.05. The molecule has 7 heteroatoms. The van der Waals surface area contributed by atoms with E-state index in [0.717, 1.165) is 0 Å². The number of carbonyl (C=O) groups excluding carboxylic acids is 1. The molecule has 1 heterocycles. The second kappa shape index (κ2) is 6.11. The van der Waals surface area contributed by atoms with Crippen molar-refractivity contribution in [3.63, 3.8) is 0 Å². The van der Waals surface area contributed by atoms with Crippen molar-refractivity contribution in [3.8, 4) is 0 Å². The third kappa shape index (κ3) is 2.83. The molecule has 0 unspecified atom stereocenters. The van der Waals surface area contributed by atoms with E-state index < -0.39 is 16.7 Å². The third-order valence-corrected chi connectivity index (χ3v) is 3.62. The minimum atomic E-state index is -0.721. The van der Waals surface area contributed by atoms with Gasteiger partial charge in [-0.2, -0.15) is 0 Å². The Bertz CT molecular complexity index is 930. The van der Waals surface area contributed by atoms with Crippen molar-refractivity contribution >= 4 is 22.6 Å². The number of nitro groups is 1. The van der Waals surface area contributed by atoms with Gasteiger partial charge in [0.05, 0.1) is 4.92 Å². The Morgan fingerprint density at radius 1 is 1.25 bits per heavy atom. The highest BCUT2D eigenvalue weighted by Gasteiger charge is 2.20. The van der Waals surface area contributed by atoms with Gasteiger partial charge in [-0.3, -0.25) is 10.1 Å². The van der Waals surface area contributed by atoms with Crippen LogP contribution >= 0.6 is 0 Å². The summed E-state index contributed by atoms with van der Waals surface area (Å²) in [5.74, 6) is -1.33. The van der Waals surface area contributed by atoms with Crippen LogP contribution in [0.2, 0.25) is 0 Å². The SMILES string of the molecule is Cc1c(C(=O)OCc2ccc([N+](=O)[O-])cc2)oc2c(F)cccc12. The Labute approximate surface area is 135 Å².